The van der Waals surface area contributed by atoms with Gasteiger partial charge in [0.1, 0.15) is 30.4 Å². The maximum atomic E-state index is 12.7. The molecule has 2 N–H and O–H groups in total. The normalized spacial score (nSPS) is 18.7. The fraction of sp³-hybridized carbons (Fsp3) is 0.368. The van der Waals surface area contributed by atoms with Crippen molar-refractivity contribution in [3.05, 3.63) is 47.4 Å². The third-order valence-corrected chi connectivity index (χ3v) is 5.91. The topological polar surface area (TPSA) is 122 Å². The average molecular weight is 605 g/mol. The molecular weight excluding hydrogens is 587 g/mol. The number of esters is 1. The van der Waals surface area contributed by atoms with Gasteiger partial charge in [-0.15, -0.1) is 0 Å². The SMILES string of the molecule is CC(=O)NC1C(=O)N(C(C(=O)OCC(Cl)(Cl)Cl)=C(O)CBr)C1SC(=O)OCc1ccccc1. The number of benzene rings is 1. The Morgan fingerprint density at radius 1 is 1.21 bits per heavy atom. The van der Waals surface area contributed by atoms with Crippen LogP contribution in [-0.2, 0) is 30.5 Å². The Balaban J connectivity index is 2.23. The molecule has 2 atom stereocenters. The van der Waals surface area contributed by atoms with Crippen molar-refractivity contribution < 1.29 is 33.8 Å². The number of amides is 2. The highest BCUT2D eigenvalue weighted by atomic mass is 79.9. The van der Waals surface area contributed by atoms with Gasteiger partial charge in [0, 0.05) is 6.92 Å². The third-order valence-electron chi connectivity index (χ3n) is 4.02. The number of hydrogen-bond acceptors (Lipinski definition) is 8. The highest BCUT2D eigenvalue weighted by molar-refractivity contribution is 9.09. The minimum Gasteiger partial charge on any atom is -0.509 e. The summed E-state index contributed by atoms with van der Waals surface area (Å²) in [4.78, 5) is 50.1. The second-order valence-electron chi connectivity index (χ2n) is 6.54. The molecule has 0 bridgehead atoms. The van der Waals surface area contributed by atoms with Gasteiger partial charge in [0.25, 0.3) is 5.91 Å². The van der Waals surface area contributed by atoms with Gasteiger partial charge in [0.2, 0.25) is 9.70 Å². The summed E-state index contributed by atoms with van der Waals surface area (Å²) < 4.78 is 8.17. The Hall–Kier alpha value is -1.66. The fourth-order valence-corrected chi connectivity index (χ4v) is 4.05. The van der Waals surface area contributed by atoms with Gasteiger partial charge in [-0.05, 0) is 17.3 Å². The fourth-order valence-electron chi connectivity index (χ4n) is 2.66. The molecule has 1 saturated heterocycles. The zero-order valence-electron chi connectivity index (χ0n) is 16.9. The van der Waals surface area contributed by atoms with Crippen LogP contribution in [0.5, 0.6) is 0 Å². The molecule has 2 rings (SSSR count). The molecule has 0 saturated carbocycles. The van der Waals surface area contributed by atoms with E-state index in [0.29, 0.717) is 11.8 Å². The number of nitrogens with one attached hydrogen (secondary N) is 1. The van der Waals surface area contributed by atoms with Crippen LogP contribution >= 0.6 is 62.5 Å². The monoisotopic (exact) mass is 602 g/mol. The van der Waals surface area contributed by atoms with Crippen molar-refractivity contribution in [3.63, 3.8) is 0 Å². The molecule has 33 heavy (non-hydrogen) atoms. The van der Waals surface area contributed by atoms with Crippen molar-refractivity contribution in [2.75, 3.05) is 11.9 Å². The summed E-state index contributed by atoms with van der Waals surface area (Å²) in [6.45, 7) is 0.496. The summed E-state index contributed by atoms with van der Waals surface area (Å²) in [7, 11) is 0. The molecule has 14 heteroatoms. The number of nitrogens with zero attached hydrogens (tertiary/aromatic N) is 1. The standard InChI is InChI=1S/C19H18BrCl3N2O7S/c1-10(26)24-13-15(28)25(14(12(27)7-20)17(29)32-9-19(21,22)23)16(13)33-18(30)31-8-11-5-3-2-4-6-11/h2-6,13,16,27H,7-9H2,1H3,(H,24,26). The number of aliphatic hydroxyl groups excluding tert-OH is 1. The molecule has 180 valence electrons. The lowest BCUT2D eigenvalue weighted by molar-refractivity contribution is -0.152. The Labute approximate surface area is 216 Å². The van der Waals surface area contributed by atoms with E-state index in [4.69, 9.17) is 44.3 Å². The first-order valence-corrected chi connectivity index (χ1v) is 12.3. The van der Waals surface area contributed by atoms with E-state index in [1.807, 2.05) is 6.07 Å². The number of thioether (sulfide) groups is 1. The molecule has 1 fully saturated rings. The predicted molar refractivity (Wildman–Crippen MR) is 127 cm³/mol. The summed E-state index contributed by atoms with van der Waals surface area (Å²) in [6, 6.07) is 7.72. The molecular formula is C19H18BrCl3N2O7S. The quantitative estimate of drug-likeness (QED) is 0.151. The number of alkyl halides is 4. The Morgan fingerprint density at radius 3 is 2.39 bits per heavy atom. The molecule has 1 aromatic rings. The molecule has 2 amide bonds. The van der Waals surface area contributed by atoms with Gasteiger partial charge in [-0.1, -0.05) is 81.1 Å². The summed E-state index contributed by atoms with van der Waals surface area (Å²) in [5, 5.41) is 10.6. The minimum atomic E-state index is -1.93. The zero-order valence-corrected chi connectivity index (χ0v) is 21.6. The molecule has 2 unspecified atom stereocenters. The second-order valence-corrected chi connectivity index (χ2v) is 10.7. The number of β-lactam (4-membered cyclic amide) rings is 1. The molecule has 1 aliphatic rings. The maximum absolute atomic E-state index is 12.7. The van der Waals surface area contributed by atoms with Crippen LogP contribution in [0.15, 0.2) is 41.8 Å². The van der Waals surface area contributed by atoms with E-state index in [2.05, 4.69) is 21.2 Å². The molecule has 9 nitrogen and oxygen atoms in total. The lowest BCUT2D eigenvalue weighted by Crippen LogP contribution is -2.69. The number of halogens is 4. The van der Waals surface area contributed by atoms with Crippen LogP contribution in [0.25, 0.3) is 0 Å². The van der Waals surface area contributed by atoms with Gasteiger partial charge < -0.3 is 19.9 Å². The van der Waals surface area contributed by atoms with Gasteiger partial charge in [-0.2, -0.15) is 0 Å². The van der Waals surface area contributed by atoms with Crippen molar-refractivity contribution in [1.29, 1.82) is 0 Å². The summed E-state index contributed by atoms with van der Waals surface area (Å²) in [5.74, 6) is -3.03. The van der Waals surface area contributed by atoms with Crippen LogP contribution in [0.3, 0.4) is 0 Å². The molecule has 0 aromatic heterocycles. The number of hydrogen-bond donors (Lipinski definition) is 2. The van der Waals surface area contributed by atoms with E-state index in [1.165, 1.54) is 6.92 Å². The van der Waals surface area contributed by atoms with Gasteiger partial charge >= 0.3 is 11.3 Å². The number of aliphatic hydroxyl groups is 1. The van der Waals surface area contributed by atoms with Crippen molar-refractivity contribution >= 4 is 85.6 Å². The molecule has 1 aliphatic heterocycles. The van der Waals surface area contributed by atoms with Crippen LogP contribution in [0.1, 0.15) is 12.5 Å². The number of allylic oxidation sites excluding steroid dienone is 1. The van der Waals surface area contributed by atoms with Crippen molar-refractivity contribution in [2.45, 2.75) is 28.7 Å². The first-order valence-electron chi connectivity index (χ1n) is 9.14. The highest BCUT2D eigenvalue weighted by Crippen LogP contribution is 2.37. The van der Waals surface area contributed by atoms with E-state index in [9.17, 15) is 24.3 Å². The van der Waals surface area contributed by atoms with Crippen LogP contribution in [0, 0.1) is 0 Å². The van der Waals surface area contributed by atoms with Gasteiger partial charge in [0.15, 0.2) is 5.70 Å². The van der Waals surface area contributed by atoms with Crippen molar-refractivity contribution in [3.8, 4) is 0 Å². The molecule has 0 aliphatic carbocycles. The van der Waals surface area contributed by atoms with E-state index >= 15 is 0 Å². The molecule has 1 heterocycles. The van der Waals surface area contributed by atoms with Crippen LogP contribution in [0.4, 0.5) is 4.79 Å². The average Bonchev–Trinajstić information content (AvgIpc) is 2.76. The van der Waals surface area contributed by atoms with Crippen molar-refractivity contribution in [1.82, 2.24) is 10.2 Å². The zero-order chi connectivity index (χ0) is 24.8. The van der Waals surface area contributed by atoms with Gasteiger partial charge in [0.05, 0.1) is 5.33 Å². The molecule has 0 radical (unpaired) electrons. The summed E-state index contributed by atoms with van der Waals surface area (Å²) in [5.41, 5.74) is 0.167. The minimum absolute atomic E-state index is 0.0290. The van der Waals surface area contributed by atoms with Crippen LogP contribution in [-0.4, -0.2) is 60.2 Å². The molecule has 0 spiro atoms. The van der Waals surface area contributed by atoms with E-state index < -0.39 is 56.4 Å². The van der Waals surface area contributed by atoms with Crippen LogP contribution < -0.4 is 5.32 Å². The number of carbonyl (C=O) groups excluding carboxylic acids is 4. The van der Waals surface area contributed by atoms with Gasteiger partial charge in [-0.25, -0.2) is 9.59 Å². The number of ether oxygens (including phenoxy) is 2. The number of carbonyl (C=O) groups is 4. The smallest absolute Gasteiger partial charge is 0.369 e. The summed E-state index contributed by atoms with van der Waals surface area (Å²) in [6.07, 6.45) is 0. The highest BCUT2D eigenvalue weighted by Gasteiger charge is 2.54. The number of likely N-dealkylation sites (tertiary alicyclic amines) is 1. The van der Waals surface area contributed by atoms with Gasteiger partial charge in [-0.3, -0.25) is 14.5 Å². The Morgan fingerprint density at radius 2 is 1.85 bits per heavy atom. The second kappa shape index (κ2) is 12.2. The lowest BCUT2D eigenvalue weighted by Gasteiger charge is -2.45. The predicted octanol–water partition coefficient (Wildman–Crippen LogP) is 3.81. The van der Waals surface area contributed by atoms with E-state index in [-0.39, 0.29) is 11.9 Å². The first-order chi connectivity index (χ1) is 15.4. The maximum Gasteiger partial charge on any atom is 0.369 e. The largest absolute Gasteiger partial charge is 0.509 e. The summed E-state index contributed by atoms with van der Waals surface area (Å²) >= 11 is 20.3. The number of rotatable bonds is 8. The Kier molecular flexibility index (Phi) is 10.2. The van der Waals surface area contributed by atoms with Crippen molar-refractivity contribution in [2.24, 2.45) is 0 Å². The van der Waals surface area contributed by atoms with E-state index in [1.54, 1.807) is 24.3 Å². The Bertz CT molecular complexity index is 943. The van der Waals surface area contributed by atoms with Crippen LogP contribution in [0.2, 0.25) is 0 Å². The van der Waals surface area contributed by atoms with E-state index in [0.717, 1.165) is 10.5 Å². The molecule has 1 aromatic carbocycles. The first kappa shape index (κ1) is 27.6. The lowest BCUT2D eigenvalue weighted by atomic mass is 10.1. The third kappa shape index (κ3) is 7.96.